The lowest BCUT2D eigenvalue weighted by molar-refractivity contribution is 0.0963. The molecule has 3 N–H and O–H groups in total. The summed E-state index contributed by atoms with van der Waals surface area (Å²) < 4.78 is 0. The minimum atomic E-state index is -0.0838. The van der Waals surface area contributed by atoms with Crippen molar-refractivity contribution in [3.63, 3.8) is 0 Å². The Kier molecular flexibility index (Phi) is 3.05. The van der Waals surface area contributed by atoms with Crippen LogP contribution >= 0.6 is 0 Å². The molecule has 86 valence electrons. The number of amides is 1. The van der Waals surface area contributed by atoms with Gasteiger partial charge in [-0.2, -0.15) is 5.10 Å². The molecule has 2 aromatic carbocycles. The van der Waals surface area contributed by atoms with Crippen molar-refractivity contribution < 1.29 is 4.79 Å². The average molecular weight is 227 g/mol. The van der Waals surface area contributed by atoms with E-state index >= 15 is 0 Å². The van der Waals surface area contributed by atoms with Crippen LogP contribution in [-0.2, 0) is 0 Å². The highest BCUT2D eigenvalue weighted by molar-refractivity contribution is 5.99. The van der Waals surface area contributed by atoms with Crippen LogP contribution in [0.4, 0.5) is 0 Å². The van der Waals surface area contributed by atoms with Crippen molar-refractivity contribution in [3.05, 3.63) is 47.5 Å². The number of benzene rings is 2. The molecule has 1 amide bonds. The molecule has 0 aromatic heterocycles. The lowest BCUT2D eigenvalue weighted by atomic mass is 10.0. The molecule has 2 rings (SSSR count). The first-order chi connectivity index (χ1) is 8.24. The molecule has 17 heavy (non-hydrogen) atoms. The van der Waals surface area contributed by atoms with Crippen molar-refractivity contribution in [2.24, 2.45) is 10.9 Å². The van der Waals surface area contributed by atoms with Crippen LogP contribution in [0, 0.1) is 0 Å². The molecule has 0 bridgehead atoms. The van der Waals surface area contributed by atoms with Gasteiger partial charge in [0.1, 0.15) is 0 Å². The highest BCUT2D eigenvalue weighted by Gasteiger charge is 2.03. The monoisotopic (exact) mass is 227 g/mol. The molecule has 0 aliphatic heterocycles. The Labute approximate surface area is 99.1 Å². The Hall–Kier alpha value is -2.36. The third-order valence-corrected chi connectivity index (χ3v) is 2.58. The van der Waals surface area contributed by atoms with Gasteiger partial charge >= 0.3 is 0 Å². The second-order valence-electron chi connectivity index (χ2n) is 3.68. The molecule has 4 heteroatoms. The van der Waals surface area contributed by atoms with E-state index in [9.17, 15) is 4.79 Å². The maximum atomic E-state index is 11.5. The number of carbonyl (C=O) groups is 1. The zero-order chi connectivity index (χ0) is 12.3. The maximum Gasteiger partial charge on any atom is 0.251 e. The van der Waals surface area contributed by atoms with E-state index < -0.39 is 0 Å². The summed E-state index contributed by atoms with van der Waals surface area (Å²) in [5.74, 6) is 5.02. The van der Waals surface area contributed by atoms with Gasteiger partial charge in [-0.25, -0.2) is 0 Å². The molecular formula is C13H13N3O. The minimum Gasteiger partial charge on any atom is -0.355 e. The van der Waals surface area contributed by atoms with Gasteiger partial charge in [0.15, 0.2) is 0 Å². The predicted molar refractivity (Wildman–Crippen MR) is 69.1 cm³/mol. The van der Waals surface area contributed by atoms with Crippen molar-refractivity contribution in [3.8, 4) is 0 Å². The molecule has 0 unspecified atom stereocenters. The summed E-state index contributed by atoms with van der Waals surface area (Å²) in [7, 11) is 1.62. The number of hydrogen-bond acceptors (Lipinski definition) is 3. The largest absolute Gasteiger partial charge is 0.355 e. The second-order valence-corrected chi connectivity index (χ2v) is 3.68. The fourth-order valence-corrected chi connectivity index (χ4v) is 1.72. The topological polar surface area (TPSA) is 67.5 Å². The van der Waals surface area contributed by atoms with Crippen LogP contribution in [0.5, 0.6) is 0 Å². The molecule has 0 aliphatic carbocycles. The van der Waals surface area contributed by atoms with Crippen molar-refractivity contribution >= 4 is 22.9 Å². The molecule has 0 heterocycles. The van der Waals surface area contributed by atoms with Gasteiger partial charge in [-0.1, -0.05) is 18.2 Å². The van der Waals surface area contributed by atoms with Gasteiger partial charge < -0.3 is 11.2 Å². The summed E-state index contributed by atoms with van der Waals surface area (Å²) in [5.41, 5.74) is 1.59. The van der Waals surface area contributed by atoms with Crippen LogP contribution in [0.15, 0.2) is 41.5 Å². The summed E-state index contributed by atoms with van der Waals surface area (Å²) in [4.78, 5) is 11.5. The van der Waals surface area contributed by atoms with E-state index in [1.165, 1.54) is 0 Å². The van der Waals surface area contributed by atoms with E-state index in [2.05, 4.69) is 10.4 Å². The van der Waals surface area contributed by atoms with Crippen molar-refractivity contribution in [2.45, 2.75) is 0 Å². The molecule has 0 saturated carbocycles. The van der Waals surface area contributed by atoms with Gasteiger partial charge in [0.2, 0.25) is 0 Å². The second kappa shape index (κ2) is 4.65. The molecule has 2 aromatic rings. The van der Waals surface area contributed by atoms with Crippen LogP contribution in [0.25, 0.3) is 10.8 Å². The van der Waals surface area contributed by atoms with E-state index in [1.54, 1.807) is 19.3 Å². The van der Waals surface area contributed by atoms with Crippen LogP contribution in [0.3, 0.4) is 0 Å². The smallest absolute Gasteiger partial charge is 0.251 e. The fraction of sp³-hybridized carbons (Fsp3) is 0.0769. The van der Waals surface area contributed by atoms with Gasteiger partial charge in [0, 0.05) is 12.6 Å². The summed E-state index contributed by atoms with van der Waals surface area (Å²) in [6.45, 7) is 0. The summed E-state index contributed by atoms with van der Waals surface area (Å²) in [6, 6.07) is 11.4. The Morgan fingerprint density at radius 3 is 2.65 bits per heavy atom. The lowest BCUT2D eigenvalue weighted by Crippen LogP contribution is -2.17. The number of nitrogens with one attached hydrogen (secondary N) is 1. The van der Waals surface area contributed by atoms with Gasteiger partial charge in [-0.3, -0.25) is 4.79 Å². The van der Waals surface area contributed by atoms with E-state index in [4.69, 9.17) is 5.84 Å². The van der Waals surface area contributed by atoms with Crippen LogP contribution in [0.1, 0.15) is 15.9 Å². The minimum absolute atomic E-state index is 0.0838. The van der Waals surface area contributed by atoms with E-state index in [0.717, 1.165) is 16.3 Å². The SMILES string of the molecule is CNC(=O)c1ccc2cc(C=NN)ccc2c1. The summed E-state index contributed by atoms with van der Waals surface area (Å²) >= 11 is 0. The van der Waals surface area contributed by atoms with E-state index in [-0.39, 0.29) is 5.91 Å². The number of hydrogen-bond donors (Lipinski definition) is 2. The quantitative estimate of drug-likeness (QED) is 0.463. The fourth-order valence-electron chi connectivity index (χ4n) is 1.72. The number of hydrazone groups is 1. The van der Waals surface area contributed by atoms with Gasteiger partial charge in [0.05, 0.1) is 6.21 Å². The number of carbonyl (C=O) groups excluding carboxylic acids is 1. The van der Waals surface area contributed by atoms with E-state index in [1.807, 2.05) is 30.3 Å². The van der Waals surface area contributed by atoms with E-state index in [0.29, 0.717) is 5.56 Å². The van der Waals surface area contributed by atoms with Gasteiger partial charge in [-0.05, 0) is 34.5 Å². The molecule has 0 saturated heterocycles. The zero-order valence-corrected chi connectivity index (χ0v) is 9.47. The Morgan fingerprint density at radius 2 is 1.94 bits per heavy atom. The van der Waals surface area contributed by atoms with Crippen molar-refractivity contribution in [2.75, 3.05) is 7.05 Å². The first-order valence-electron chi connectivity index (χ1n) is 5.24. The van der Waals surface area contributed by atoms with Gasteiger partial charge in [-0.15, -0.1) is 0 Å². The number of nitrogens with zero attached hydrogens (tertiary/aromatic N) is 1. The van der Waals surface area contributed by atoms with Gasteiger partial charge in [0.25, 0.3) is 5.91 Å². The third kappa shape index (κ3) is 2.25. The molecule has 0 aliphatic rings. The Morgan fingerprint density at radius 1 is 1.24 bits per heavy atom. The first kappa shape index (κ1) is 11.1. The lowest BCUT2D eigenvalue weighted by Gasteiger charge is -2.03. The molecule has 0 radical (unpaired) electrons. The Bertz CT molecular complexity index is 590. The molecule has 0 spiro atoms. The van der Waals surface area contributed by atoms with Crippen molar-refractivity contribution in [1.82, 2.24) is 5.32 Å². The molecule has 4 nitrogen and oxygen atoms in total. The normalized spacial score (nSPS) is 10.9. The maximum absolute atomic E-state index is 11.5. The number of fused-ring (bicyclic) bond motifs is 1. The molecule has 0 fully saturated rings. The standard InChI is InChI=1S/C13H13N3O/c1-15-13(17)12-5-4-10-6-9(8-16-14)2-3-11(10)7-12/h2-8H,14H2,1H3,(H,15,17). The van der Waals surface area contributed by atoms with Crippen LogP contribution in [0.2, 0.25) is 0 Å². The number of nitrogens with two attached hydrogens (primary N) is 1. The average Bonchev–Trinajstić information content (AvgIpc) is 2.37. The summed E-state index contributed by atoms with van der Waals surface area (Å²) in [6.07, 6.45) is 1.59. The zero-order valence-electron chi connectivity index (χ0n) is 9.47. The highest BCUT2D eigenvalue weighted by Crippen LogP contribution is 2.17. The Balaban J connectivity index is 2.50. The molecular weight excluding hydrogens is 214 g/mol. The van der Waals surface area contributed by atoms with Crippen molar-refractivity contribution in [1.29, 1.82) is 0 Å². The van der Waals surface area contributed by atoms with Crippen LogP contribution < -0.4 is 11.2 Å². The molecule has 0 atom stereocenters. The first-order valence-corrected chi connectivity index (χ1v) is 5.24. The van der Waals surface area contributed by atoms with Crippen LogP contribution in [-0.4, -0.2) is 19.2 Å². The summed E-state index contributed by atoms with van der Waals surface area (Å²) in [5, 5.41) is 8.15. The predicted octanol–water partition coefficient (Wildman–Crippen LogP) is 1.49. The highest BCUT2D eigenvalue weighted by atomic mass is 16.1. The number of rotatable bonds is 2. The third-order valence-electron chi connectivity index (χ3n) is 2.58.